The molecule has 4 heterocycles. The maximum Gasteiger partial charge on any atom is 0.258 e. The van der Waals surface area contributed by atoms with Crippen molar-refractivity contribution in [3.05, 3.63) is 58.3 Å². The number of pyridine rings is 1. The van der Waals surface area contributed by atoms with Gasteiger partial charge in [0, 0.05) is 49.3 Å². The van der Waals surface area contributed by atoms with E-state index in [1.54, 1.807) is 34.9 Å². The normalized spacial score (nSPS) is 27.5. The molecule has 0 radical (unpaired) electrons. The van der Waals surface area contributed by atoms with Gasteiger partial charge in [-0.25, -0.2) is 4.39 Å². The Balaban J connectivity index is 1.47. The maximum atomic E-state index is 14.6. The number of aromatic nitrogens is 1. The lowest BCUT2D eigenvalue weighted by Gasteiger charge is -2.42. The number of aliphatic hydroxyl groups excluding tert-OH is 1. The fourth-order valence-electron chi connectivity index (χ4n) is 6.76. The molecule has 6 rings (SSSR count). The van der Waals surface area contributed by atoms with Crippen LogP contribution in [0.15, 0.2) is 41.2 Å². The highest BCUT2D eigenvalue weighted by Gasteiger charge is 2.59. The van der Waals surface area contributed by atoms with E-state index in [2.05, 4.69) is 0 Å². The van der Waals surface area contributed by atoms with Crippen molar-refractivity contribution in [1.29, 1.82) is 0 Å². The van der Waals surface area contributed by atoms with E-state index in [9.17, 15) is 23.9 Å². The maximum absolute atomic E-state index is 14.6. The van der Waals surface area contributed by atoms with Crippen molar-refractivity contribution in [3.8, 4) is 11.1 Å². The third-order valence-electron chi connectivity index (χ3n) is 8.87. The van der Waals surface area contributed by atoms with Crippen LogP contribution in [0.5, 0.6) is 0 Å². The van der Waals surface area contributed by atoms with Crippen LogP contribution < -0.4 is 5.56 Å². The second-order valence-electron chi connectivity index (χ2n) is 10.7. The molecule has 3 fully saturated rings. The number of halogens is 1. The molecule has 190 valence electrons. The van der Waals surface area contributed by atoms with Gasteiger partial charge in [0.25, 0.3) is 5.56 Å². The highest BCUT2D eigenvalue weighted by Crippen LogP contribution is 2.50. The molecule has 0 unspecified atom stereocenters. The van der Waals surface area contributed by atoms with Crippen molar-refractivity contribution in [2.75, 3.05) is 19.7 Å². The Morgan fingerprint density at radius 2 is 1.69 bits per heavy atom. The molecule has 2 amide bonds. The van der Waals surface area contributed by atoms with Crippen LogP contribution in [0, 0.1) is 23.6 Å². The molecule has 36 heavy (non-hydrogen) atoms. The predicted molar refractivity (Wildman–Crippen MR) is 131 cm³/mol. The molecule has 1 aromatic heterocycles. The third kappa shape index (κ3) is 3.52. The molecule has 4 atom stereocenters. The van der Waals surface area contributed by atoms with Gasteiger partial charge in [0.2, 0.25) is 11.8 Å². The van der Waals surface area contributed by atoms with Crippen LogP contribution in [-0.2, 0) is 16.1 Å². The summed E-state index contributed by atoms with van der Waals surface area (Å²) >= 11 is 0. The van der Waals surface area contributed by atoms with Gasteiger partial charge in [-0.1, -0.05) is 24.6 Å². The first kappa shape index (κ1) is 23.4. The Hall–Kier alpha value is -3.00. The van der Waals surface area contributed by atoms with Crippen molar-refractivity contribution in [2.24, 2.45) is 17.8 Å². The number of rotatable bonds is 4. The molecule has 2 saturated heterocycles. The van der Waals surface area contributed by atoms with E-state index in [0.29, 0.717) is 18.8 Å². The number of benzene rings is 1. The Morgan fingerprint density at radius 1 is 0.944 bits per heavy atom. The Kier molecular flexibility index (Phi) is 5.94. The standard InChI is InChI=1S/C28H32FN3O4/c29-21-10-3-2-9-18(21)19-11-12-22-25-24(28(36)30-13-4-1-5-14-30)20(16-33)23(15-31(22)27(19)35)32(25)26(34)17-7-6-8-17/h2-3,9-12,17,20,23-25,33H,1,4-8,13-16H2/t20-,23-,24+,25+/m1/s1. The van der Waals surface area contributed by atoms with E-state index in [4.69, 9.17) is 0 Å². The third-order valence-corrected chi connectivity index (χ3v) is 8.87. The largest absolute Gasteiger partial charge is 0.396 e. The van der Waals surface area contributed by atoms with Crippen LogP contribution in [0.25, 0.3) is 11.1 Å². The lowest BCUT2D eigenvalue weighted by atomic mass is 9.83. The average molecular weight is 494 g/mol. The predicted octanol–water partition coefficient (Wildman–Crippen LogP) is 2.96. The zero-order valence-electron chi connectivity index (χ0n) is 20.3. The van der Waals surface area contributed by atoms with Gasteiger partial charge in [0.15, 0.2) is 0 Å². The molecule has 4 aliphatic rings. The first-order valence-electron chi connectivity index (χ1n) is 13.2. The van der Waals surface area contributed by atoms with Crippen molar-refractivity contribution in [1.82, 2.24) is 14.4 Å². The summed E-state index contributed by atoms with van der Waals surface area (Å²) in [5.74, 6) is -1.59. The number of carbonyl (C=O) groups is 2. The molecule has 7 nitrogen and oxygen atoms in total. The summed E-state index contributed by atoms with van der Waals surface area (Å²) in [5.41, 5.74) is 0.772. The number of amides is 2. The zero-order valence-corrected chi connectivity index (χ0v) is 20.3. The molecule has 8 heteroatoms. The fraction of sp³-hybridized carbons (Fsp3) is 0.536. The van der Waals surface area contributed by atoms with E-state index < -0.39 is 29.7 Å². The quantitative estimate of drug-likeness (QED) is 0.710. The van der Waals surface area contributed by atoms with Gasteiger partial charge in [-0.05, 0) is 50.3 Å². The molecule has 1 aliphatic carbocycles. The number of aliphatic hydroxyl groups is 1. The van der Waals surface area contributed by atoms with Crippen LogP contribution in [0.2, 0.25) is 0 Å². The highest BCUT2D eigenvalue weighted by molar-refractivity contribution is 5.86. The average Bonchev–Trinajstić information content (AvgIpc) is 3.10. The molecular formula is C28H32FN3O4. The lowest BCUT2D eigenvalue weighted by Crippen LogP contribution is -2.51. The summed E-state index contributed by atoms with van der Waals surface area (Å²) in [6.07, 6.45) is 5.67. The Labute approximate surface area is 209 Å². The molecule has 2 bridgehead atoms. The summed E-state index contributed by atoms with van der Waals surface area (Å²) in [4.78, 5) is 44.9. The van der Waals surface area contributed by atoms with Gasteiger partial charge in [-0.2, -0.15) is 0 Å². The number of nitrogens with zero attached hydrogens (tertiary/aromatic N) is 3. The first-order valence-corrected chi connectivity index (χ1v) is 13.2. The van der Waals surface area contributed by atoms with E-state index >= 15 is 0 Å². The van der Waals surface area contributed by atoms with E-state index in [0.717, 1.165) is 38.5 Å². The van der Waals surface area contributed by atoms with Gasteiger partial charge >= 0.3 is 0 Å². The molecular weight excluding hydrogens is 461 g/mol. The van der Waals surface area contributed by atoms with E-state index in [1.165, 1.54) is 6.07 Å². The number of hydrogen-bond acceptors (Lipinski definition) is 4. The van der Waals surface area contributed by atoms with Crippen molar-refractivity contribution >= 4 is 11.8 Å². The van der Waals surface area contributed by atoms with Gasteiger partial charge in [-0.3, -0.25) is 14.4 Å². The van der Waals surface area contributed by atoms with Gasteiger partial charge in [-0.15, -0.1) is 0 Å². The van der Waals surface area contributed by atoms with Crippen molar-refractivity contribution in [2.45, 2.75) is 57.2 Å². The fourth-order valence-corrected chi connectivity index (χ4v) is 6.76. The van der Waals surface area contributed by atoms with Gasteiger partial charge < -0.3 is 19.5 Å². The minimum atomic E-state index is -0.606. The van der Waals surface area contributed by atoms with Crippen LogP contribution in [-0.4, -0.2) is 57.0 Å². The Morgan fingerprint density at radius 3 is 2.36 bits per heavy atom. The smallest absolute Gasteiger partial charge is 0.258 e. The molecule has 0 spiro atoms. The summed E-state index contributed by atoms with van der Waals surface area (Å²) in [7, 11) is 0. The number of carbonyl (C=O) groups excluding carboxylic acids is 2. The zero-order chi connectivity index (χ0) is 25.0. The lowest BCUT2D eigenvalue weighted by molar-refractivity contribution is -0.144. The second kappa shape index (κ2) is 9.14. The summed E-state index contributed by atoms with van der Waals surface area (Å²) in [6.45, 7) is 1.32. The van der Waals surface area contributed by atoms with E-state index in [-0.39, 0.29) is 47.6 Å². The monoisotopic (exact) mass is 493 g/mol. The number of hydrogen-bond donors (Lipinski definition) is 1. The minimum absolute atomic E-state index is 0.0283. The number of likely N-dealkylation sites (tertiary alicyclic amines) is 1. The van der Waals surface area contributed by atoms with Crippen LogP contribution in [0.3, 0.4) is 0 Å². The molecule has 3 aliphatic heterocycles. The van der Waals surface area contributed by atoms with Crippen LogP contribution in [0.4, 0.5) is 4.39 Å². The first-order chi connectivity index (χ1) is 17.5. The SMILES string of the molecule is O=C([C@H]1[C@H](CO)[C@H]2Cn3c(ccc(-c4ccccc4F)c3=O)[C@@H]1N2C(=O)C1CCC1)N1CCCCC1. The van der Waals surface area contributed by atoms with Gasteiger partial charge in [0.1, 0.15) is 5.82 Å². The van der Waals surface area contributed by atoms with Gasteiger partial charge in [0.05, 0.1) is 23.6 Å². The summed E-state index contributed by atoms with van der Waals surface area (Å²) in [6, 6.07) is 8.54. The van der Waals surface area contributed by atoms with Crippen molar-refractivity contribution in [3.63, 3.8) is 0 Å². The molecule has 2 aromatic rings. The summed E-state index contributed by atoms with van der Waals surface area (Å²) in [5, 5.41) is 10.5. The Bertz CT molecular complexity index is 1250. The summed E-state index contributed by atoms with van der Waals surface area (Å²) < 4.78 is 16.2. The highest BCUT2D eigenvalue weighted by atomic mass is 19.1. The van der Waals surface area contributed by atoms with Crippen molar-refractivity contribution < 1.29 is 19.1 Å². The molecule has 1 aromatic carbocycles. The number of fused-ring (bicyclic) bond motifs is 4. The molecule has 1 N–H and O–H groups in total. The van der Waals surface area contributed by atoms with E-state index in [1.807, 2.05) is 9.80 Å². The number of piperidine rings is 1. The molecule has 1 saturated carbocycles. The van der Waals surface area contributed by atoms with Crippen LogP contribution in [0.1, 0.15) is 50.3 Å². The minimum Gasteiger partial charge on any atom is -0.396 e. The second-order valence-corrected chi connectivity index (χ2v) is 10.7. The topological polar surface area (TPSA) is 82.8 Å². The van der Waals surface area contributed by atoms with Crippen LogP contribution >= 0.6 is 0 Å².